The minimum Gasteiger partial charge on any atom is -0.493 e. The molecule has 1 heterocycles. The normalized spacial score (nSPS) is 15.6. The molecule has 5 nitrogen and oxygen atoms in total. The van der Waals surface area contributed by atoms with Gasteiger partial charge in [0.15, 0.2) is 6.29 Å². The lowest BCUT2D eigenvalue weighted by molar-refractivity contribution is -0.142. The molecule has 0 saturated carbocycles. The van der Waals surface area contributed by atoms with Gasteiger partial charge >= 0.3 is 5.97 Å². The number of carbonyl (C=O) groups excluding carboxylic acids is 1. The van der Waals surface area contributed by atoms with Crippen LogP contribution in [0.1, 0.15) is 43.0 Å². The molecular weight excluding hydrogens is 282 g/mol. The fourth-order valence-electron chi connectivity index (χ4n) is 2.75. The number of hydrogen-bond acceptors (Lipinski definition) is 4. The Balaban J connectivity index is 2.12. The highest BCUT2D eigenvalue weighted by Gasteiger charge is 2.26. The third-order valence-electron chi connectivity index (χ3n) is 4.10. The van der Waals surface area contributed by atoms with Crippen LogP contribution < -0.4 is 9.64 Å². The van der Waals surface area contributed by atoms with E-state index < -0.39 is 5.97 Å². The van der Waals surface area contributed by atoms with E-state index in [1.807, 2.05) is 18.2 Å². The maximum absolute atomic E-state index is 11.5. The number of aldehydes is 1. The highest BCUT2D eigenvalue weighted by atomic mass is 16.5. The zero-order valence-electron chi connectivity index (χ0n) is 13.0. The van der Waals surface area contributed by atoms with Crippen molar-refractivity contribution in [2.24, 2.45) is 5.92 Å². The summed E-state index contributed by atoms with van der Waals surface area (Å²) in [7, 11) is 0. The number of carboxylic acid groups (broad SMARTS) is 1. The van der Waals surface area contributed by atoms with E-state index in [0.717, 1.165) is 24.8 Å². The number of anilines is 1. The van der Waals surface area contributed by atoms with E-state index in [0.29, 0.717) is 43.9 Å². The SMILES string of the molecule is CCCCOc1cccc(N2CCC(C(=O)O)CC2)c1C=O. The zero-order chi connectivity index (χ0) is 15.9. The summed E-state index contributed by atoms with van der Waals surface area (Å²) in [6, 6.07) is 5.59. The van der Waals surface area contributed by atoms with Gasteiger partial charge in [0.25, 0.3) is 0 Å². The van der Waals surface area contributed by atoms with Gasteiger partial charge in [-0.05, 0) is 31.4 Å². The number of hydrogen-bond donors (Lipinski definition) is 1. The molecule has 0 aromatic heterocycles. The van der Waals surface area contributed by atoms with E-state index in [9.17, 15) is 9.59 Å². The Morgan fingerprint density at radius 2 is 2.14 bits per heavy atom. The predicted octanol–water partition coefficient (Wildman–Crippen LogP) is 2.98. The van der Waals surface area contributed by atoms with Crippen molar-refractivity contribution in [3.63, 3.8) is 0 Å². The van der Waals surface area contributed by atoms with Crippen LogP contribution in [0.4, 0.5) is 5.69 Å². The van der Waals surface area contributed by atoms with Crippen molar-refractivity contribution < 1.29 is 19.4 Å². The number of aliphatic carboxylic acids is 1. The summed E-state index contributed by atoms with van der Waals surface area (Å²) >= 11 is 0. The topological polar surface area (TPSA) is 66.8 Å². The molecule has 1 fully saturated rings. The molecule has 0 atom stereocenters. The number of ether oxygens (including phenoxy) is 1. The smallest absolute Gasteiger partial charge is 0.306 e. The fraction of sp³-hybridized carbons (Fsp3) is 0.529. The van der Waals surface area contributed by atoms with Crippen LogP contribution in [0.2, 0.25) is 0 Å². The molecule has 2 rings (SSSR count). The number of unbranched alkanes of at least 4 members (excludes halogenated alkanes) is 1. The average Bonchev–Trinajstić information content (AvgIpc) is 2.55. The molecule has 0 amide bonds. The summed E-state index contributed by atoms with van der Waals surface area (Å²) in [6.45, 7) is 3.99. The summed E-state index contributed by atoms with van der Waals surface area (Å²) in [4.78, 5) is 24.6. The maximum atomic E-state index is 11.5. The van der Waals surface area contributed by atoms with Gasteiger partial charge in [-0.1, -0.05) is 19.4 Å². The number of rotatable bonds is 7. The number of benzene rings is 1. The second-order valence-corrected chi connectivity index (χ2v) is 5.61. The predicted molar refractivity (Wildman–Crippen MR) is 84.8 cm³/mol. The van der Waals surface area contributed by atoms with E-state index in [4.69, 9.17) is 9.84 Å². The number of piperidine rings is 1. The zero-order valence-corrected chi connectivity index (χ0v) is 13.0. The van der Waals surface area contributed by atoms with Crippen LogP contribution in [0.15, 0.2) is 18.2 Å². The summed E-state index contributed by atoms with van der Waals surface area (Å²) in [5, 5.41) is 9.07. The molecule has 1 aromatic rings. The van der Waals surface area contributed by atoms with Crippen molar-refractivity contribution in [2.75, 3.05) is 24.6 Å². The van der Waals surface area contributed by atoms with Gasteiger partial charge in [-0.25, -0.2) is 0 Å². The Morgan fingerprint density at radius 1 is 1.41 bits per heavy atom. The summed E-state index contributed by atoms with van der Waals surface area (Å²) in [5.74, 6) is -0.395. The molecule has 0 radical (unpaired) electrons. The molecule has 1 aromatic carbocycles. The first-order valence-corrected chi connectivity index (χ1v) is 7.86. The fourth-order valence-corrected chi connectivity index (χ4v) is 2.75. The lowest BCUT2D eigenvalue weighted by Gasteiger charge is -2.33. The van der Waals surface area contributed by atoms with Crippen LogP contribution in [0.25, 0.3) is 0 Å². The van der Waals surface area contributed by atoms with Gasteiger partial charge in [0.05, 0.1) is 23.8 Å². The summed E-state index contributed by atoms with van der Waals surface area (Å²) in [6.07, 6.45) is 4.04. The van der Waals surface area contributed by atoms with Gasteiger partial charge in [0.2, 0.25) is 0 Å². The molecule has 1 saturated heterocycles. The van der Waals surface area contributed by atoms with Gasteiger partial charge in [0, 0.05) is 13.1 Å². The Kier molecular flexibility index (Phi) is 5.81. The van der Waals surface area contributed by atoms with Crippen LogP contribution in [0, 0.1) is 5.92 Å². The number of carboxylic acids is 1. The Labute approximate surface area is 130 Å². The second-order valence-electron chi connectivity index (χ2n) is 5.61. The van der Waals surface area contributed by atoms with Crippen LogP contribution in [-0.2, 0) is 4.79 Å². The number of nitrogens with zero attached hydrogens (tertiary/aromatic N) is 1. The van der Waals surface area contributed by atoms with E-state index in [-0.39, 0.29) is 5.92 Å². The first-order valence-electron chi connectivity index (χ1n) is 7.86. The highest BCUT2D eigenvalue weighted by Crippen LogP contribution is 2.31. The average molecular weight is 305 g/mol. The quantitative estimate of drug-likeness (QED) is 0.619. The van der Waals surface area contributed by atoms with Crippen LogP contribution >= 0.6 is 0 Å². The molecule has 1 aliphatic rings. The van der Waals surface area contributed by atoms with Crippen LogP contribution in [-0.4, -0.2) is 37.1 Å². The minimum atomic E-state index is -0.730. The molecule has 0 aliphatic carbocycles. The van der Waals surface area contributed by atoms with Gasteiger partial charge in [0.1, 0.15) is 5.75 Å². The summed E-state index contributed by atoms with van der Waals surface area (Å²) < 4.78 is 5.71. The van der Waals surface area contributed by atoms with Crippen LogP contribution in [0.3, 0.4) is 0 Å². The van der Waals surface area contributed by atoms with Gasteiger partial charge in [-0.2, -0.15) is 0 Å². The van der Waals surface area contributed by atoms with Crippen molar-refractivity contribution in [1.29, 1.82) is 0 Å². The Bertz CT molecular complexity index is 521. The Morgan fingerprint density at radius 3 is 2.73 bits per heavy atom. The van der Waals surface area contributed by atoms with Crippen molar-refractivity contribution in [3.05, 3.63) is 23.8 Å². The third-order valence-corrected chi connectivity index (χ3v) is 4.10. The van der Waals surface area contributed by atoms with Crippen molar-refractivity contribution in [3.8, 4) is 5.75 Å². The van der Waals surface area contributed by atoms with E-state index >= 15 is 0 Å². The first kappa shape index (κ1) is 16.3. The molecule has 1 N–H and O–H groups in total. The van der Waals surface area contributed by atoms with Gasteiger partial charge in [-0.3, -0.25) is 9.59 Å². The molecule has 5 heteroatoms. The van der Waals surface area contributed by atoms with E-state index in [2.05, 4.69) is 11.8 Å². The van der Waals surface area contributed by atoms with Crippen molar-refractivity contribution in [1.82, 2.24) is 0 Å². The van der Waals surface area contributed by atoms with Gasteiger partial charge < -0.3 is 14.7 Å². The maximum Gasteiger partial charge on any atom is 0.306 e. The van der Waals surface area contributed by atoms with E-state index in [1.165, 1.54) is 0 Å². The standard InChI is InChI=1S/C17H23NO4/c1-2-3-11-22-16-6-4-5-15(14(16)12-19)18-9-7-13(8-10-18)17(20)21/h4-6,12-13H,2-3,7-11H2,1H3,(H,20,21). The molecule has 22 heavy (non-hydrogen) atoms. The van der Waals surface area contributed by atoms with Crippen molar-refractivity contribution >= 4 is 17.9 Å². The second kappa shape index (κ2) is 7.82. The lowest BCUT2D eigenvalue weighted by atomic mass is 9.96. The van der Waals surface area contributed by atoms with Gasteiger partial charge in [-0.15, -0.1) is 0 Å². The molecular formula is C17H23NO4. The van der Waals surface area contributed by atoms with Crippen LogP contribution in [0.5, 0.6) is 5.75 Å². The largest absolute Gasteiger partial charge is 0.493 e. The molecule has 1 aliphatic heterocycles. The van der Waals surface area contributed by atoms with Crippen molar-refractivity contribution in [2.45, 2.75) is 32.6 Å². The summed E-state index contributed by atoms with van der Waals surface area (Å²) in [5.41, 5.74) is 1.40. The first-order chi connectivity index (χ1) is 10.7. The molecule has 0 spiro atoms. The minimum absolute atomic E-state index is 0.278. The molecule has 0 bridgehead atoms. The Hall–Kier alpha value is -2.04. The molecule has 120 valence electrons. The van der Waals surface area contributed by atoms with E-state index in [1.54, 1.807) is 0 Å². The highest BCUT2D eigenvalue weighted by molar-refractivity contribution is 5.88. The number of carbonyl (C=O) groups is 2. The lowest BCUT2D eigenvalue weighted by Crippen LogP contribution is -2.36. The molecule has 0 unspecified atom stereocenters. The third kappa shape index (κ3) is 3.78. The monoisotopic (exact) mass is 305 g/mol.